The molecule has 0 N–H and O–H groups in total. The van der Waals surface area contributed by atoms with E-state index >= 15 is 0 Å². The van der Waals surface area contributed by atoms with Gasteiger partial charge in [-0.2, -0.15) is 0 Å². The maximum atomic E-state index is 11.9. The quantitative estimate of drug-likeness (QED) is 0.722. The largest absolute Gasteiger partial charge is 0.493 e. The minimum Gasteiger partial charge on any atom is -0.493 e. The van der Waals surface area contributed by atoms with E-state index in [0.29, 0.717) is 28.5 Å². The van der Waals surface area contributed by atoms with Crippen LogP contribution in [0.3, 0.4) is 0 Å². The molecule has 0 aromatic heterocycles. The van der Waals surface area contributed by atoms with Gasteiger partial charge in [0, 0.05) is 32.1 Å². The maximum Gasteiger partial charge on any atom is 0.222 e. The SMILES string of the molecule is COc1ccc(CN2CCCC[C@@H]2CCN2CCCC2=O)c(Cl)c1OC. The molecular weight excluding hydrogens is 352 g/mol. The predicted molar refractivity (Wildman–Crippen MR) is 103 cm³/mol. The van der Waals surface area contributed by atoms with Gasteiger partial charge in [0.1, 0.15) is 0 Å². The van der Waals surface area contributed by atoms with Crippen molar-refractivity contribution in [3.63, 3.8) is 0 Å². The van der Waals surface area contributed by atoms with Crippen molar-refractivity contribution >= 4 is 17.5 Å². The van der Waals surface area contributed by atoms with Crippen LogP contribution in [0.4, 0.5) is 0 Å². The second-order valence-electron chi connectivity index (χ2n) is 7.17. The van der Waals surface area contributed by atoms with E-state index < -0.39 is 0 Å². The van der Waals surface area contributed by atoms with E-state index in [-0.39, 0.29) is 0 Å². The van der Waals surface area contributed by atoms with Crippen molar-refractivity contribution in [3.8, 4) is 11.5 Å². The van der Waals surface area contributed by atoms with Gasteiger partial charge in [0.15, 0.2) is 11.5 Å². The molecule has 0 bridgehead atoms. The summed E-state index contributed by atoms with van der Waals surface area (Å²) in [5.74, 6) is 1.57. The molecule has 0 radical (unpaired) electrons. The molecule has 1 atom stereocenters. The summed E-state index contributed by atoms with van der Waals surface area (Å²) in [7, 11) is 3.23. The fraction of sp³-hybridized carbons (Fsp3) is 0.650. The number of amides is 1. The number of piperidine rings is 1. The van der Waals surface area contributed by atoms with Crippen LogP contribution in [0.25, 0.3) is 0 Å². The molecule has 2 aliphatic heterocycles. The fourth-order valence-corrected chi connectivity index (χ4v) is 4.40. The third kappa shape index (κ3) is 4.26. The van der Waals surface area contributed by atoms with Gasteiger partial charge in [-0.15, -0.1) is 0 Å². The van der Waals surface area contributed by atoms with Crippen molar-refractivity contribution in [2.24, 2.45) is 0 Å². The lowest BCUT2D eigenvalue weighted by atomic mass is 9.98. The second-order valence-corrected chi connectivity index (χ2v) is 7.55. The van der Waals surface area contributed by atoms with Crippen LogP contribution in [0.2, 0.25) is 5.02 Å². The number of carbonyl (C=O) groups excluding carboxylic acids is 1. The van der Waals surface area contributed by atoms with Crippen LogP contribution in [0.1, 0.15) is 44.1 Å². The summed E-state index contributed by atoms with van der Waals surface area (Å²) in [5, 5.41) is 0.630. The number of methoxy groups -OCH3 is 2. The molecule has 0 unspecified atom stereocenters. The molecule has 3 rings (SSSR count). The zero-order valence-corrected chi connectivity index (χ0v) is 16.6. The molecule has 0 spiro atoms. The highest BCUT2D eigenvalue weighted by molar-refractivity contribution is 6.33. The number of carbonyl (C=O) groups is 1. The van der Waals surface area contributed by atoms with Crippen LogP contribution < -0.4 is 9.47 Å². The molecule has 2 saturated heterocycles. The molecule has 2 heterocycles. The highest BCUT2D eigenvalue weighted by Gasteiger charge is 2.26. The van der Waals surface area contributed by atoms with Gasteiger partial charge in [0.25, 0.3) is 0 Å². The van der Waals surface area contributed by atoms with Crippen LogP contribution in [-0.4, -0.2) is 55.6 Å². The molecule has 1 amide bonds. The number of benzene rings is 1. The Morgan fingerprint density at radius 1 is 1.15 bits per heavy atom. The lowest BCUT2D eigenvalue weighted by Crippen LogP contribution is -2.41. The Labute approximate surface area is 161 Å². The average Bonchev–Trinajstić information content (AvgIpc) is 3.07. The summed E-state index contributed by atoms with van der Waals surface area (Å²) >= 11 is 6.58. The van der Waals surface area contributed by atoms with Gasteiger partial charge in [-0.3, -0.25) is 9.69 Å². The van der Waals surface area contributed by atoms with Crippen LogP contribution in [-0.2, 0) is 11.3 Å². The summed E-state index contributed by atoms with van der Waals surface area (Å²) in [6, 6.07) is 4.45. The van der Waals surface area contributed by atoms with E-state index in [1.165, 1.54) is 19.3 Å². The van der Waals surface area contributed by atoms with E-state index in [0.717, 1.165) is 51.0 Å². The first-order chi connectivity index (χ1) is 12.6. The number of hydrogen-bond donors (Lipinski definition) is 0. The first-order valence-corrected chi connectivity index (χ1v) is 9.93. The van der Waals surface area contributed by atoms with Gasteiger partial charge in [0.2, 0.25) is 5.91 Å². The van der Waals surface area contributed by atoms with Crippen molar-refractivity contribution in [2.75, 3.05) is 33.9 Å². The smallest absolute Gasteiger partial charge is 0.222 e. The molecule has 5 nitrogen and oxygen atoms in total. The molecule has 1 aromatic carbocycles. The number of likely N-dealkylation sites (tertiary alicyclic amines) is 2. The Morgan fingerprint density at radius 3 is 2.69 bits per heavy atom. The van der Waals surface area contributed by atoms with Crippen LogP contribution in [0, 0.1) is 0 Å². The monoisotopic (exact) mass is 380 g/mol. The zero-order chi connectivity index (χ0) is 18.5. The molecule has 26 heavy (non-hydrogen) atoms. The van der Waals surface area contributed by atoms with Gasteiger partial charge in [-0.25, -0.2) is 0 Å². The van der Waals surface area contributed by atoms with E-state index in [2.05, 4.69) is 4.90 Å². The number of nitrogens with zero attached hydrogens (tertiary/aromatic N) is 2. The normalized spacial score (nSPS) is 21.3. The Bertz CT molecular complexity index is 638. The highest BCUT2D eigenvalue weighted by atomic mass is 35.5. The van der Waals surface area contributed by atoms with Gasteiger partial charge >= 0.3 is 0 Å². The highest BCUT2D eigenvalue weighted by Crippen LogP contribution is 2.38. The second kappa shape index (κ2) is 8.96. The van der Waals surface area contributed by atoms with Crippen LogP contribution >= 0.6 is 11.6 Å². The summed E-state index contributed by atoms with van der Waals surface area (Å²) in [6.45, 7) is 3.67. The Kier molecular flexibility index (Phi) is 6.65. The number of rotatable bonds is 7. The summed E-state index contributed by atoms with van der Waals surface area (Å²) < 4.78 is 10.8. The van der Waals surface area contributed by atoms with Gasteiger partial charge in [-0.1, -0.05) is 24.1 Å². The van der Waals surface area contributed by atoms with Crippen LogP contribution in [0.5, 0.6) is 11.5 Å². The van der Waals surface area contributed by atoms with Crippen molar-refractivity contribution in [1.82, 2.24) is 9.80 Å². The summed E-state index contributed by atoms with van der Waals surface area (Å²) in [5.41, 5.74) is 1.06. The Hall–Kier alpha value is -1.46. The summed E-state index contributed by atoms with van der Waals surface area (Å²) in [6.07, 6.45) is 6.42. The first-order valence-electron chi connectivity index (χ1n) is 9.55. The molecule has 2 aliphatic rings. The molecule has 6 heteroatoms. The summed E-state index contributed by atoms with van der Waals surface area (Å²) in [4.78, 5) is 16.4. The molecule has 2 fully saturated rings. The maximum absolute atomic E-state index is 11.9. The van der Waals surface area contributed by atoms with E-state index in [9.17, 15) is 4.79 Å². The molecular formula is C20H29ClN2O3. The average molecular weight is 381 g/mol. The number of halogens is 1. The van der Waals surface area contributed by atoms with Gasteiger partial charge in [-0.05, 0) is 43.9 Å². The molecule has 0 saturated carbocycles. The Morgan fingerprint density at radius 2 is 2.00 bits per heavy atom. The third-order valence-electron chi connectivity index (χ3n) is 5.59. The lowest BCUT2D eigenvalue weighted by Gasteiger charge is -2.37. The van der Waals surface area contributed by atoms with E-state index in [4.69, 9.17) is 21.1 Å². The minimum absolute atomic E-state index is 0.315. The van der Waals surface area contributed by atoms with Gasteiger partial charge in [0.05, 0.1) is 19.2 Å². The van der Waals surface area contributed by atoms with E-state index in [1.807, 2.05) is 17.0 Å². The fourth-order valence-electron chi connectivity index (χ4n) is 4.11. The topological polar surface area (TPSA) is 42.0 Å². The first kappa shape index (κ1) is 19.3. The van der Waals surface area contributed by atoms with E-state index in [1.54, 1.807) is 14.2 Å². The number of hydrogen-bond acceptors (Lipinski definition) is 4. The molecule has 144 valence electrons. The van der Waals surface area contributed by atoms with Crippen LogP contribution in [0.15, 0.2) is 12.1 Å². The van der Waals surface area contributed by atoms with Gasteiger partial charge < -0.3 is 14.4 Å². The van der Waals surface area contributed by atoms with Crippen molar-refractivity contribution in [1.29, 1.82) is 0 Å². The minimum atomic E-state index is 0.315. The number of ether oxygens (including phenoxy) is 2. The lowest BCUT2D eigenvalue weighted by molar-refractivity contribution is -0.127. The van der Waals surface area contributed by atoms with Crippen molar-refractivity contribution < 1.29 is 14.3 Å². The van der Waals surface area contributed by atoms with Crippen molar-refractivity contribution in [2.45, 2.75) is 51.1 Å². The predicted octanol–water partition coefficient (Wildman–Crippen LogP) is 3.72. The Balaban J connectivity index is 1.67. The zero-order valence-electron chi connectivity index (χ0n) is 15.8. The standard InChI is InChI=1S/C20H29ClN2O3/c1-25-17-9-8-15(19(21)20(17)26-2)14-23-11-4-3-6-16(23)10-13-22-12-5-7-18(22)24/h8-9,16H,3-7,10-14H2,1-2H3/t16-/m1/s1. The third-order valence-corrected chi connectivity index (χ3v) is 6.01. The van der Waals surface area contributed by atoms with Crippen molar-refractivity contribution in [3.05, 3.63) is 22.7 Å². The molecule has 1 aromatic rings. The molecule has 0 aliphatic carbocycles.